The zero-order valence-electron chi connectivity index (χ0n) is 10.3. The van der Waals surface area contributed by atoms with Crippen molar-refractivity contribution in [3.05, 3.63) is 35.4 Å². The summed E-state index contributed by atoms with van der Waals surface area (Å²) >= 11 is 3.41. The highest BCUT2D eigenvalue weighted by Crippen LogP contribution is 2.14. The van der Waals surface area contributed by atoms with Crippen LogP contribution in [0.1, 0.15) is 24.0 Å². The first-order chi connectivity index (χ1) is 8.79. The molecule has 4 heteroatoms. The largest absolute Gasteiger partial charge is 0.381 e. The molecule has 2 rings (SSSR count). The van der Waals surface area contributed by atoms with Gasteiger partial charge in [-0.1, -0.05) is 40.2 Å². The van der Waals surface area contributed by atoms with Crippen molar-refractivity contribution in [2.24, 2.45) is 5.92 Å². The molecule has 0 aromatic heterocycles. The molecule has 0 radical (unpaired) electrons. The monoisotopic (exact) mass is 311 g/mol. The third-order valence-electron chi connectivity index (χ3n) is 3.18. The molecule has 0 spiro atoms. The molecule has 1 aliphatic rings. The maximum absolute atomic E-state index is 11.9. The number of hydrogen-bond donors (Lipinski definition) is 1. The summed E-state index contributed by atoms with van der Waals surface area (Å²) in [5.41, 5.74) is 2.37. The summed E-state index contributed by atoms with van der Waals surface area (Å²) in [6, 6.07) is 8.24. The van der Waals surface area contributed by atoms with E-state index in [1.54, 1.807) is 0 Å². The van der Waals surface area contributed by atoms with Crippen LogP contribution < -0.4 is 5.32 Å². The fourth-order valence-corrected chi connectivity index (χ4v) is 2.40. The third-order valence-corrected chi connectivity index (χ3v) is 3.82. The van der Waals surface area contributed by atoms with E-state index in [0.29, 0.717) is 13.2 Å². The number of alkyl halides is 1. The van der Waals surface area contributed by atoms with Gasteiger partial charge in [0.15, 0.2) is 0 Å². The lowest BCUT2D eigenvalue weighted by Crippen LogP contribution is -2.35. The highest BCUT2D eigenvalue weighted by atomic mass is 79.9. The van der Waals surface area contributed by atoms with E-state index >= 15 is 0 Å². The Kier molecular flexibility index (Phi) is 5.20. The zero-order chi connectivity index (χ0) is 12.8. The van der Waals surface area contributed by atoms with Crippen molar-refractivity contribution in [3.8, 4) is 0 Å². The Morgan fingerprint density at radius 1 is 1.33 bits per heavy atom. The molecule has 98 valence electrons. The average Bonchev–Trinajstić information content (AvgIpc) is 2.46. The van der Waals surface area contributed by atoms with Crippen molar-refractivity contribution in [3.63, 3.8) is 0 Å². The van der Waals surface area contributed by atoms with Gasteiger partial charge in [0.1, 0.15) is 0 Å². The third kappa shape index (κ3) is 3.82. The van der Waals surface area contributed by atoms with Crippen LogP contribution >= 0.6 is 15.9 Å². The van der Waals surface area contributed by atoms with E-state index in [4.69, 9.17) is 4.74 Å². The van der Waals surface area contributed by atoms with Crippen molar-refractivity contribution in [1.82, 2.24) is 5.32 Å². The second-order valence-corrected chi connectivity index (χ2v) is 5.14. The van der Waals surface area contributed by atoms with Gasteiger partial charge in [0, 0.05) is 18.5 Å². The minimum atomic E-state index is 0.0283. The van der Waals surface area contributed by atoms with Gasteiger partial charge in [0.25, 0.3) is 0 Å². The SMILES string of the molecule is O=C(NCc1ccc(CBr)cc1)C1CCCOC1. The Bertz CT molecular complexity index is 385. The first-order valence-corrected chi connectivity index (χ1v) is 7.41. The Hall–Kier alpha value is -0.870. The molecule has 1 aromatic carbocycles. The number of benzene rings is 1. The Labute approximate surface area is 116 Å². The van der Waals surface area contributed by atoms with Crippen molar-refractivity contribution in [2.45, 2.75) is 24.7 Å². The number of nitrogens with one attached hydrogen (secondary N) is 1. The van der Waals surface area contributed by atoms with E-state index < -0.39 is 0 Å². The maximum Gasteiger partial charge on any atom is 0.225 e. The number of amides is 1. The average molecular weight is 312 g/mol. The molecule has 1 aromatic rings. The van der Waals surface area contributed by atoms with Crippen molar-refractivity contribution < 1.29 is 9.53 Å². The topological polar surface area (TPSA) is 38.3 Å². The van der Waals surface area contributed by atoms with E-state index in [1.807, 2.05) is 12.1 Å². The number of carbonyl (C=O) groups excluding carboxylic acids is 1. The quantitative estimate of drug-likeness (QED) is 0.868. The molecular weight excluding hydrogens is 294 g/mol. The first-order valence-electron chi connectivity index (χ1n) is 6.29. The lowest BCUT2D eigenvalue weighted by molar-refractivity contribution is -0.129. The zero-order valence-corrected chi connectivity index (χ0v) is 11.9. The van der Waals surface area contributed by atoms with E-state index in [9.17, 15) is 4.79 Å². The summed E-state index contributed by atoms with van der Waals surface area (Å²) in [6.45, 7) is 1.95. The number of rotatable bonds is 4. The number of halogens is 1. The number of ether oxygens (including phenoxy) is 1. The van der Waals surface area contributed by atoms with Gasteiger partial charge in [-0.05, 0) is 24.0 Å². The summed E-state index contributed by atoms with van der Waals surface area (Å²) < 4.78 is 5.32. The molecule has 1 atom stereocenters. The Morgan fingerprint density at radius 3 is 2.67 bits per heavy atom. The number of hydrogen-bond acceptors (Lipinski definition) is 2. The van der Waals surface area contributed by atoms with Gasteiger partial charge in [-0.15, -0.1) is 0 Å². The molecule has 1 fully saturated rings. The maximum atomic E-state index is 11.9. The van der Waals surface area contributed by atoms with Crippen LogP contribution in [0, 0.1) is 5.92 Å². The van der Waals surface area contributed by atoms with Gasteiger partial charge < -0.3 is 10.1 Å². The van der Waals surface area contributed by atoms with Gasteiger partial charge >= 0.3 is 0 Å². The molecule has 1 amide bonds. The summed E-state index contributed by atoms with van der Waals surface area (Å²) in [5.74, 6) is 0.139. The van der Waals surface area contributed by atoms with Crippen LogP contribution in [0.5, 0.6) is 0 Å². The van der Waals surface area contributed by atoms with Crippen LogP contribution in [0.2, 0.25) is 0 Å². The molecule has 1 N–H and O–H groups in total. The summed E-state index contributed by atoms with van der Waals surface area (Å²) in [4.78, 5) is 11.9. The van der Waals surface area contributed by atoms with Crippen LogP contribution in [0.3, 0.4) is 0 Å². The van der Waals surface area contributed by atoms with Gasteiger partial charge in [-0.25, -0.2) is 0 Å². The number of carbonyl (C=O) groups is 1. The Morgan fingerprint density at radius 2 is 2.06 bits per heavy atom. The van der Waals surface area contributed by atoms with E-state index in [2.05, 4.69) is 33.4 Å². The van der Waals surface area contributed by atoms with Gasteiger partial charge in [-0.2, -0.15) is 0 Å². The molecule has 1 aliphatic heterocycles. The van der Waals surface area contributed by atoms with Crippen molar-refractivity contribution in [2.75, 3.05) is 13.2 Å². The normalized spacial score (nSPS) is 19.5. The standard InChI is InChI=1S/C14H18BrNO2/c15-8-11-3-5-12(6-4-11)9-16-14(17)13-2-1-7-18-10-13/h3-6,13H,1-2,7-10H2,(H,16,17). The molecule has 0 saturated carbocycles. The van der Waals surface area contributed by atoms with Crippen LogP contribution in [0.25, 0.3) is 0 Å². The summed E-state index contributed by atoms with van der Waals surface area (Å²) in [6.07, 6.45) is 1.92. The predicted molar refractivity (Wildman–Crippen MR) is 74.5 cm³/mol. The van der Waals surface area contributed by atoms with Gasteiger partial charge in [-0.3, -0.25) is 4.79 Å². The van der Waals surface area contributed by atoms with Crippen LogP contribution in [0.4, 0.5) is 0 Å². The van der Waals surface area contributed by atoms with E-state index in [-0.39, 0.29) is 11.8 Å². The van der Waals surface area contributed by atoms with Crippen molar-refractivity contribution in [1.29, 1.82) is 0 Å². The smallest absolute Gasteiger partial charge is 0.225 e. The van der Waals surface area contributed by atoms with Gasteiger partial charge in [0.2, 0.25) is 5.91 Å². The lowest BCUT2D eigenvalue weighted by Gasteiger charge is -2.21. The molecule has 1 heterocycles. The molecule has 1 unspecified atom stereocenters. The van der Waals surface area contributed by atoms with E-state index in [0.717, 1.165) is 30.3 Å². The van der Waals surface area contributed by atoms with E-state index in [1.165, 1.54) is 5.56 Å². The second kappa shape index (κ2) is 6.90. The van der Waals surface area contributed by atoms with Crippen LogP contribution in [-0.2, 0) is 21.4 Å². The van der Waals surface area contributed by atoms with Crippen LogP contribution in [-0.4, -0.2) is 19.1 Å². The van der Waals surface area contributed by atoms with Gasteiger partial charge in [0.05, 0.1) is 12.5 Å². The molecular formula is C14H18BrNO2. The first kappa shape index (κ1) is 13.6. The lowest BCUT2D eigenvalue weighted by atomic mass is 10.0. The summed E-state index contributed by atoms with van der Waals surface area (Å²) in [7, 11) is 0. The highest BCUT2D eigenvalue weighted by molar-refractivity contribution is 9.08. The molecule has 0 aliphatic carbocycles. The molecule has 3 nitrogen and oxygen atoms in total. The molecule has 0 bridgehead atoms. The summed E-state index contributed by atoms with van der Waals surface area (Å²) in [5, 5.41) is 3.84. The van der Waals surface area contributed by atoms with Crippen molar-refractivity contribution >= 4 is 21.8 Å². The Balaban J connectivity index is 1.80. The highest BCUT2D eigenvalue weighted by Gasteiger charge is 2.21. The predicted octanol–water partition coefficient (Wildman–Crippen LogP) is 2.62. The van der Waals surface area contributed by atoms with Crippen LogP contribution in [0.15, 0.2) is 24.3 Å². The minimum absolute atomic E-state index is 0.0283. The molecule has 18 heavy (non-hydrogen) atoms. The fraction of sp³-hybridized carbons (Fsp3) is 0.500. The molecule has 1 saturated heterocycles. The fourth-order valence-electron chi connectivity index (χ4n) is 2.03. The second-order valence-electron chi connectivity index (χ2n) is 4.58. The minimum Gasteiger partial charge on any atom is -0.381 e.